The molecule has 1 fully saturated rings. The number of hydrogen-bond donors (Lipinski definition) is 1. The van der Waals surface area contributed by atoms with Crippen molar-refractivity contribution < 1.29 is 9.18 Å². The molecular formula is C12H15FN2O. The third-order valence-electron chi connectivity index (χ3n) is 2.88. The summed E-state index contributed by atoms with van der Waals surface area (Å²) in [5.74, 6) is -0.0875. The van der Waals surface area contributed by atoms with Crippen LogP contribution in [0.25, 0.3) is 0 Å². The number of nitrogens with two attached hydrogens (primary N) is 1. The first kappa shape index (κ1) is 11.1. The molecule has 86 valence electrons. The fraction of sp³-hybridized carbons (Fsp3) is 0.417. The number of carbonyl (C=O) groups excluding carboxylic acids is 1. The van der Waals surface area contributed by atoms with Crippen molar-refractivity contribution >= 4 is 11.6 Å². The molecule has 1 aliphatic rings. The van der Waals surface area contributed by atoms with Crippen LogP contribution in [0.4, 0.5) is 10.1 Å². The molecule has 0 saturated carbocycles. The molecule has 16 heavy (non-hydrogen) atoms. The summed E-state index contributed by atoms with van der Waals surface area (Å²) in [7, 11) is 0. The van der Waals surface area contributed by atoms with Crippen LogP contribution in [0, 0.1) is 18.7 Å². The Labute approximate surface area is 94.0 Å². The lowest BCUT2D eigenvalue weighted by molar-refractivity contribution is -0.117. The van der Waals surface area contributed by atoms with Gasteiger partial charge >= 0.3 is 0 Å². The number of halogens is 1. The predicted molar refractivity (Wildman–Crippen MR) is 60.7 cm³/mol. The zero-order chi connectivity index (χ0) is 11.7. The Hall–Kier alpha value is -1.42. The molecule has 1 atom stereocenters. The molecule has 1 saturated heterocycles. The summed E-state index contributed by atoms with van der Waals surface area (Å²) >= 11 is 0. The van der Waals surface area contributed by atoms with Crippen molar-refractivity contribution in [3.8, 4) is 0 Å². The molecule has 1 unspecified atom stereocenters. The van der Waals surface area contributed by atoms with Crippen LogP contribution in [0.2, 0.25) is 0 Å². The molecule has 1 heterocycles. The van der Waals surface area contributed by atoms with Crippen molar-refractivity contribution in [1.29, 1.82) is 0 Å². The van der Waals surface area contributed by atoms with Gasteiger partial charge in [0.25, 0.3) is 0 Å². The van der Waals surface area contributed by atoms with Crippen molar-refractivity contribution in [3.63, 3.8) is 0 Å². The van der Waals surface area contributed by atoms with Gasteiger partial charge in [0.15, 0.2) is 0 Å². The molecule has 0 aromatic heterocycles. The van der Waals surface area contributed by atoms with Crippen LogP contribution in [0.15, 0.2) is 18.2 Å². The van der Waals surface area contributed by atoms with Crippen LogP contribution in [0.1, 0.15) is 12.0 Å². The number of carbonyl (C=O) groups is 1. The molecule has 1 aliphatic heterocycles. The molecule has 1 amide bonds. The van der Waals surface area contributed by atoms with Crippen molar-refractivity contribution in [3.05, 3.63) is 29.6 Å². The van der Waals surface area contributed by atoms with E-state index in [2.05, 4.69) is 0 Å². The van der Waals surface area contributed by atoms with Crippen molar-refractivity contribution in [2.75, 3.05) is 18.0 Å². The average Bonchev–Trinajstić information content (AvgIpc) is 2.58. The van der Waals surface area contributed by atoms with E-state index in [1.165, 1.54) is 12.1 Å². The summed E-state index contributed by atoms with van der Waals surface area (Å²) in [6.07, 6.45) is 0.464. The van der Waals surface area contributed by atoms with Crippen molar-refractivity contribution in [1.82, 2.24) is 0 Å². The summed E-state index contributed by atoms with van der Waals surface area (Å²) < 4.78 is 13.2. The fourth-order valence-corrected chi connectivity index (χ4v) is 2.06. The second-order valence-electron chi connectivity index (χ2n) is 4.30. The van der Waals surface area contributed by atoms with Gasteiger partial charge in [-0.05, 0) is 43.1 Å². The van der Waals surface area contributed by atoms with Crippen LogP contribution < -0.4 is 10.6 Å². The molecule has 4 heteroatoms. The van der Waals surface area contributed by atoms with Gasteiger partial charge in [0.2, 0.25) is 5.91 Å². The Bertz CT molecular complexity index is 399. The molecule has 1 aromatic carbocycles. The molecular weight excluding hydrogens is 207 g/mol. The highest BCUT2D eigenvalue weighted by molar-refractivity contribution is 5.95. The van der Waals surface area contributed by atoms with Gasteiger partial charge in [-0.3, -0.25) is 4.79 Å². The first-order valence-electron chi connectivity index (χ1n) is 5.38. The monoisotopic (exact) mass is 222 g/mol. The van der Waals surface area contributed by atoms with Crippen molar-refractivity contribution in [2.24, 2.45) is 11.7 Å². The Morgan fingerprint density at radius 3 is 2.81 bits per heavy atom. The number of amides is 1. The average molecular weight is 222 g/mol. The standard InChI is InChI=1S/C12H15FN2O/c1-8-2-10(13)5-11(3-8)15-7-9(6-14)4-12(15)16/h2-3,5,9H,4,6-7,14H2,1H3. The van der Waals surface area contributed by atoms with Crippen molar-refractivity contribution in [2.45, 2.75) is 13.3 Å². The molecule has 0 radical (unpaired) electrons. The third-order valence-corrected chi connectivity index (χ3v) is 2.88. The normalized spacial score (nSPS) is 20.6. The first-order chi connectivity index (χ1) is 7.60. The lowest BCUT2D eigenvalue weighted by atomic mass is 10.1. The Balaban J connectivity index is 2.27. The maximum absolute atomic E-state index is 13.2. The molecule has 0 aliphatic carbocycles. The highest BCUT2D eigenvalue weighted by atomic mass is 19.1. The van der Waals surface area contributed by atoms with Crippen LogP contribution >= 0.6 is 0 Å². The van der Waals surface area contributed by atoms with E-state index in [0.717, 1.165) is 5.56 Å². The van der Waals surface area contributed by atoms with Crippen LogP contribution in [0.5, 0.6) is 0 Å². The van der Waals surface area contributed by atoms with E-state index < -0.39 is 0 Å². The van der Waals surface area contributed by atoms with Gasteiger partial charge < -0.3 is 10.6 Å². The van der Waals surface area contributed by atoms with E-state index in [1.54, 1.807) is 4.90 Å². The van der Waals surface area contributed by atoms with Crippen LogP contribution in [0.3, 0.4) is 0 Å². The number of rotatable bonds is 2. The smallest absolute Gasteiger partial charge is 0.227 e. The summed E-state index contributed by atoms with van der Waals surface area (Å²) in [5.41, 5.74) is 7.00. The second-order valence-corrected chi connectivity index (χ2v) is 4.30. The van der Waals surface area contributed by atoms with E-state index in [4.69, 9.17) is 5.73 Å². The third kappa shape index (κ3) is 2.07. The highest BCUT2D eigenvalue weighted by Crippen LogP contribution is 2.26. The van der Waals surface area contributed by atoms with Gasteiger partial charge in [0, 0.05) is 18.7 Å². The number of hydrogen-bond acceptors (Lipinski definition) is 2. The number of aryl methyl sites for hydroxylation is 1. The molecule has 0 bridgehead atoms. The van der Waals surface area contributed by atoms with Crippen LogP contribution in [-0.4, -0.2) is 19.0 Å². The minimum atomic E-state index is -0.306. The van der Waals surface area contributed by atoms with E-state index in [-0.39, 0.29) is 17.6 Å². The zero-order valence-electron chi connectivity index (χ0n) is 9.24. The van der Waals surface area contributed by atoms with Gasteiger partial charge in [-0.15, -0.1) is 0 Å². The maximum Gasteiger partial charge on any atom is 0.227 e. The summed E-state index contributed by atoms with van der Waals surface area (Å²) in [4.78, 5) is 13.3. The maximum atomic E-state index is 13.2. The van der Waals surface area contributed by atoms with Crippen LogP contribution in [-0.2, 0) is 4.79 Å². The van der Waals surface area contributed by atoms with E-state index in [1.807, 2.05) is 13.0 Å². The van der Waals surface area contributed by atoms with E-state index in [0.29, 0.717) is 25.2 Å². The number of nitrogens with zero attached hydrogens (tertiary/aromatic N) is 1. The van der Waals surface area contributed by atoms with Gasteiger partial charge in [-0.1, -0.05) is 0 Å². The van der Waals surface area contributed by atoms with Gasteiger partial charge in [0.1, 0.15) is 5.82 Å². The number of anilines is 1. The Morgan fingerprint density at radius 2 is 2.25 bits per heavy atom. The molecule has 2 N–H and O–H groups in total. The fourth-order valence-electron chi connectivity index (χ4n) is 2.06. The van der Waals surface area contributed by atoms with E-state index in [9.17, 15) is 9.18 Å². The number of benzene rings is 1. The lowest BCUT2D eigenvalue weighted by Gasteiger charge is -2.17. The molecule has 2 rings (SSSR count). The van der Waals surface area contributed by atoms with E-state index >= 15 is 0 Å². The van der Waals surface area contributed by atoms with Gasteiger partial charge in [-0.25, -0.2) is 4.39 Å². The minimum absolute atomic E-state index is 0.0282. The van der Waals surface area contributed by atoms with Gasteiger partial charge in [-0.2, -0.15) is 0 Å². The molecule has 3 nitrogen and oxygen atoms in total. The molecule has 1 aromatic rings. The zero-order valence-corrected chi connectivity index (χ0v) is 9.24. The van der Waals surface area contributed by atoms with Gasteiger partial charge in [0.05, 0.1) is 0 Å². The lowest BCUT2D eigenvalue weighted by Crippen LogP contribution is -2.25. The Kier molecular flexibility index (Phi) is 2.92. The highest BCUT2D eigenvalue weighted by Gasteiger charge is 2.29. The largest absolute Gasteiger partial charge is 0.330 e. The predicted octanol–water partition coefficient (Wildman–Crippen LogP) is 1.45. The summed E-state index contributed by atoms with van der Waals surface area (Å²) in [6, 6.07) is 4.66. The SMILES string of the molecule is Cc1cc(F)cc(N2CC(CN)CC2=O)c1. The molecule has 0 spiro atoms. The first-order valence-corrected chi connectivity index (χ1v) is 5.38. The topological polar surface area (TPSA) is 46.3 Å². The summed E-state index contributed by atoms with van der Waals surface area (Å²) in [5, 5.41) is 0. The minimum Gasteiger partial charge on any atom is -0.330 e. The second kappa shape index (κ2) is 4.22. The summed E-state index contributed by atoms with van der Waals surface area (Å²) in [6.45, 7) is 2.91. The Morgan fingerprint density at radius 1 is 1.50 bits per heavy atom. The quantitative estimate of drug-likeness (QED) is 0.823.